The number of likely N-dealkylation sites (tertiary alicyclic amines) is 1. The Balaban J connectivity index is 1.69. The van der Waals surface area contributed by atoms with Gasteiger partial charge in [0.1, 0.15) is 5.65 Å². The summed E-state index contributed by atoms with van der Waals surface area (Å²) in [5, 5.41) is 10.1. The van der Waals surface area contributed by atoms with Crippen LogP contribution in [0.15, 0.2) is 24.5 Å². The van der Waals surface area contributed by atoms with Crippen molar-refractivity contribution in [3.63, 3.8) is 0 Å². The van der Waals surface area contributed by atoms with Gasteiger partial charge in [-0.15, -0.1) is 0 Å². The fourth-order valence-corrected chi connectivity index (χ4v) is 3.09. The van der Waals surface area contributed by atoms with E-state index < -0.39 is 5.97 Å². The van der Waals surface area contributed by atoms with Crippen LogP contribution >= 0.6 is 0 Å². The van der Waals surface area contributed by atoms with Crippen molar-refractivity contribution in [1.29, 1.82) is 0 Å². The summed E-state index contributed by atoms with van der Waals surface area (Å²) in [7, 11) is 0. The molecule has 2 aromatic heterocycles. The third kappa shape index (κ3) is 2.82. The van der Waals surface area contributed by atoms with Crippen molar-refractivity contribution in [1.82, 2.24) is 14.9 Å². The third-order valence-electron chi connectivity index (χ3n) is 4.00. The summed E-state index contributed by atoms with van der Waals surface area (Å²) < 4.78 is 0. The average Bonchev–Trinajstić information content (AvgIpc) is 2.82. The maximum Gasteiger partial charge on any atom is 0.303 e. The van der Waals surface area contributed by atoms with Crippen molar-refractivity contribution in [2.75, 3.05) is 13.1 Å². The number of hydrogen-bond donors (Lipinski definition) is 2. The zero-order chi connectivity index (χ0) is 13.9. The Morgan fingerprint density at radius 1 is 1.55 bits per heavy atom. The Kier molecular flexibility index (Phi) is 3.69. The number of fused-ring (bicyclic) bond motifs is 1. The van der Waals surface area contributed by atoms with Gasteiger partial charge in [-0.05, 0) is 43.0 Å². The zero-order valence-electron chi connectivity index (χ0n) is 11.4. The first-order chi connectivity index (χ1) is 9.72. The number of aromatic nitrogens is 2. The van der Waals surface area contributed by atoms with Gasteiger partial charge in [0, 0.05) is 37.3 Å². The Hall–Kier alpha value is -1.88. The number of aromatic amines is 1. The monoisotopic (exact) mass is 273 g/mol. The van der Waals surface area contributed by atoms with E-state index >= 15 is 0 Å². The maximum absolute atomic E-state index is 10.8. The van der Waals surface area contributed by atoms with Crippen molar-refractivity contribution in [2.24, 2.45) is 5.92 Å². The SMILES string of the molecule is O=C(O)CC1CCCN(Cc2c[nH]c3ncccc23)C1. The van der Waals surface area contributed by atoms with Gasteiger partial charge in [-0.1, -0.05) is 0 Å². The van der Waals surface area contributed by atoms with Crippen LogP contribution in [0.4, 0.5) is 0 Å². The molecule has 0 saturated carbocycles. The first kappa shape index (κ1) is 13.1. The van der Waals surface area contributed by atoms with E-state index in [0.717, 1.165) is 43.5 Å². The lowest BCUT2D eigenvalue weighted by atomic mass is 9.94. The number of rotatable bonds is 4. The summed E-state index contributed by atoms with van der Waals surface area (Å²) in [6, 6.07) is 4.02. The van der Waals surface area contributed by atoms with Crippen LogP contribution in [-0.4, -0.2) is 39.0 Å². The van der Waals surface area contributed by atoms with E-state index in [4.69, 9.17) is 5.11 Å². The molecule has 2 N–H and O–H groups in total. The number of aliphatic carboxylic acids is 1. The van der Waals surface area contributed by atoms with Crippen LogP contribution in [0.1, 0.15) is 24.8 Å². The summed E-state index contributed by atoms with van der Waals surface area (Å²) in [6.07, 6.45) is 6.19. The van der Waals surface area contributed by atoms with Gasteiger partial charge >= 0.3 is 5.97 Å². The van der Waals surface area contributed by atoms with Crippen molar-refractivity contribution >= 4 is 17.0 Å². The molecule has 1 unspecified atom stereocenters. The maximum atomic E-state index is 10.8. The second-order valence-corrected chi connectivity index (χ2v) is 5.55. The molecule has 1 atom stereocenters. The van der Waals surface area contributed by atoms with Crippen LogP contribution < -0.4 is 0 Å². The molecule has 5 heteroatoms. The predicted molar refractivity (Wildman–Crippen MR) is 76.3 cm³/mol. The second kappa shape index (κ2) is 5.63. The molecule has 0 aliphatic carbocycles. The van der Waals surface area contributed by atoms with Gasteiger partial charge < -0.3 is 10.1 Å². The third-order valence-corrected chi connectivity index (χ3v) is 4.00. The summed E-state index contributed by atoms with van der Waals surface area (Å²) in [5.41, 5.74) is 2.16. The molecule has 2 aromatic rings. The number of pyridine rings is 1. The van der Waals surface area contributed by atoms with Crippen LogP contribution in [0, 0.1) is 5.92 Å². The zero-order valence-corrected chi connectivity index (χ0v) is 11.4. The minimum Gasteiger partial charge on any atom is -0.481 e. The van der Waals surface area contributed by atoms with Crippen molar-refractivity contribution < 1.29 is 9.90 Å². The highest BCUT2D eigenvalue weighted by molar-refractivity contribution is 5.79. The van der Waals surface area contributed by atoms with Crippen LogP contribution in [-0.2, 0) is 11.3 Å². The van der Waals surface area contributed by atoms with E-state index in [9.17, 15) is 4.79 Å². The molecule has 0 amide bonds. The smallest absolute Gasteiger partial charge is 0.303 e. The number of piperidine rings is 1. The average molecular weight is 273 g/mol. The van der Waals surface area contributed by atoms with Crippen LogP contribution in [0.5, 0.6) is 0 Å². The Morgan fingerprint density at radius 2 is 2.45 bits per heavy atom. The standard InChI is InChI=1S/C15H19N3O2/c19-14(20)7-11-3-2-6-18(9-11)10-12-8-17-15-13(12)4-1-5-16-15/h1,4-5,8,11H,2-3,6-7,9-10H2,(H,16,17)(H,19,20). The number of carbonyl (C=O) groups is 1. The molecule has 1 aliphatic heterocycles. The molecule has 0 radical (unpaired) electrons. The molecule has 106 valence electrons. The number of nitrogens with zero attached hydrogens (tertiary/aromatic N) is 2. The van der Waals surface area contributed by atoms with Gasteiger partial charge in [0.2, 0.25) is 0 Å². The van der Waals surface area contributed by atoms with Crippen molar-refractivity contribution in [2.45, 2.75) is 25.8 Å². The molecule has 1 saturated heterocycles. The molecular weight excluding hydrogens is 254 g/mol. The second-order valence-electron chi connectivity index (χ2n) is 5.55. The van der Waals surface area contributed by atoms with Crippen molar-refractivity contribution in [3.8, 4) is 0 Å². The lowest BCUT2D eigenvalue weighted by Crippen LogP contribution is -2.35. The quantitative estimate of drug-likeness (QED) is 0.896. The normalized spacial score (nSPS) is 20.3. The van der Waals surface area contributed by atoms with E-state index in [-0.39, 0.29) is 12.3 Å². The fraction of sp³-hybridized carbons (Fsp3) is 0.467. The number of carboxylic acid groups (broad SMARTS) is 1. The molecular formula is C15H19N3O2. The number of hydrogen-bond acceptors (Lipinski definition) is 3. The minimum atomic E-state index is -0.687. The largest absolute Gasteiger partial charge is 0.481 e. The highest BCUT2D eigenvalue weighted by atomic mass is 16.4. The highest BCUT2D eigenvalue weighted by Gasteiger charge is 2.22. The number of H-pyrrole nitrogens is 1. The first-order valence-corrected chi connectivity index (χ1v) is 7.07. The van der Waals surface area contributed by atoms with Gasteiger partial charge in [-0.25, -0.2) is 4.98 Å². The molecule has 3 heterocycles. The van der Waals surface area contributed by atoms with E-state index in [0.29, 0.717) is 0 Å². The Labute approximate surface area is 117 Å². The van der Waals surface area contributed by atoms with Crippen LogP contribution in [0.3, 0.4) is 0 Å². The van der Waals surface area contributed by atoms with E-state index in [2.05, 4.69) is 20.9 Å². The molecule has 0 spiro atoms. The van der Waals surface area contributed by atoms with Crippen LogP contribution in [0.2, 0.25) is 0 Å². The number of carboxylic acids is 1. The van der Waals surface area contributed by atoms with Gasteiger partial charge in [0.15, 0.2) is 0 Å². The molecule has 20 heavy (non-hydrogen) atoms. The molecule has 1 aliphatic rings. The van der Waals surface area contributed by atoms with E-state index in [1.165, 1.54) is 5.56 Å². The topological polar surface area (TPSA) is 69.2 Å². The predicted octanol–water partition coefficient (Wildman–Crippen LogP) is 2.25. The Morgan fingerprint density at radius 3 is 3.30 bits per heavy atom. The molecule has 3 rings (SSSR count). The lowest BCUT2D eigenvalue weighted by Gasteiger charge is -2.31. The summed E-state index contributed by atoms with van der Waals surface area (Å²) >= 11 is 0. The van der Waals surface area contributed by atoms with Gasteiger partial charge in [0.05, 0.1) is 0 Å². The number of nitrogens with one attached hydrogen (secondary N) is 1. The van der Waals surface area contributed by atoms with E-state index in [1.54, 1.807) is 6.20 Å². The molecule has 5 nitrogen and oxygen atoms in total. The van der Waals surface area contributed by atoms with Crippen LogP contribution in [0.25, 0.3) is 11.0 Å². The molecule has 0 bridgehead atoms. The van der Waals surface area contributed by atoms with Gasteiger partial charge in [-0.2, -0.15) is 0 Å². The highest BCUT2D eigenvalue weighted by Crippen LogP contribution is 2.23. The minimum absolute atomic E-state index is 0.282. The summed E-state index contributed by atoms with van der Waals surface area (Å²) in [5.74, 6) is -0.405. The van der Waals surface area contributed by atoms with E-state index in [1.807, 2.05) is 12.3 Å². The van der Waals surface area contributed by atoms with Gasteiger partial charge in [0.25, 0.3) is 0 Å². The van der Waals surface area contributed by atoms with Gasteiger partial charge in [-0.3, -0.25) is 9.69 Å². The first-order valence-electron chi connectivity index (χ1n) is 7.07. The Bertz CT molecular complexity index is 608. The molecule has 1 fully saturated rings. The molecule has 0 aromatic carbocycles. The summed E-state index contributed by atoms with van der Waals surface area (Å²) in [6.45, 7) is 2.78. The fourth-order valence-electron chi connectivity index (χ4n) is 3.09. The summed E-state index contributed by atoms with van der Waals surface area (Å²) in [4.78, 5) is 20.7. The van der Waals surface area contributed by atoms with Crippen molar-refractivity contribution in [3.05, 3.63) is 30.1 Å². The lowest BCUT2D eigenvalue weighted by molar-refractivity contribution is -0.138.